The third-order valence-electron chi connectivity index (χ3n) is 10.8. The fraction of sp³-hybridized carbons (Fsp3) is 0.326. The summed E-state index contributed by atoms with van der Waals surface area (Å²) in [5, 5.41) is 7.80. The Hall–Kier alpha value is -6.84. The van der Waals surface area contributed by atoms with Crippen molar-refractivity contribution in [3.63, 3.8) is 0 Å². The maximum absolute atomic E-state index is 14.8. The van der Waals surface area contributed by atoms with Gasteiger partial charge in [-0.1, -0.05) is 31.2 Å². The molecular formula is C46H47ClF6N8O7. The number of benzene rings is 2. The van der Waals surface area contributed by atoms with Gasteiger partial charge in [0.25, 0.3) is 24.0 Å². The van der Waals surface area contributed by atoms with E-state index in [1.54, 1.807) is 31.2 Å². The monoisotopic (exact) mass is 972 g/mol. The number of alkyl halides is 4. The maximum Gasteiger partial charge on any atom is 0.311 e. The summed E-state index contributed by atoms with van der Waals surface area (Å²) >= 11 is 5.80. The van der Waals surface area contributed by atoms with Crippen molar-refractivity contribution in [2.24, 2.45) is 23.7 Å². The van der Waals surface area contributed by atoms with Gasteiger partial charge in [0.1, 0.15) is 17.5 Å². The van der Waals surface area contributed by atoms with E-state index in [4.69, 9.17) is 16.3 Å². The highest BCUT2D eigenvalue weighted by atomic mass is 35.5. The summed E-state index contributed by atoms with van der Waals surface area (Å²) in [5.41, 5.74) is -0.489. The molecule has 2 aromatic carbocycles. The normalized spacial score (nSPS) is 18.0. The standard InChI is InChI=1S/C24H21ClF3N5O3.C21H22F3N3O4.CH4/c25-14-4-7-21(29-10-14)31-24(36)17-12-32(13-20(27)28)11-16(17)23(35)30-19-6-5-15(9-18(19)26)33-8-2-1-3-22(33)34;1-2-31-21(30)15-11-26(12-18(23)24)10-14(15)20(29)25-17-7-6-13(9-16(17)22)27-8-4-3-5-19(27)28;/h1-10,16-17,20H,11-13H2,(H,30,35)(H,29,31,36);3-9,14-15,18H,2,10-12H2,1H3,(H,25,29);1H4/t16-,17-;14-,15-;/m00./s1. The molecule has 2 aliphatic rings. The topological polar surface area (TPSA) is 177 Å². The van der Waals surface area contributed by atoms with Crippen molar-refractivity contribution >= 4 is 52.5 Å². The van der Waals surface area contributed by atoms with Gasteiger partial charge in [-0.05, 0) is 55.5 Å². The van der Waals surface area contributed by atoms with E-state index in [1.165, 1.54) is 86.1 Å². The molecule has 15 nitrogen and oxygen atoms in total. The van der Waals surface area contributed by atoms with Crippen LogP contribution in [-0.2, 0) is 23.9 Å². The molecule has 0 spiro atoms. The second-order valence-electron chi connectivity index (χ2n) is 15.4. The van der Waals surface area contributed by atoms with Crippen molar-refractivity contribution in [2.45, 2.75) is 27.2 Å². The van der Waals surface area contributed by atoms with Crippen LogP contribution in [0.5, 0.6) is 0 Å². The lowest BCUT2D eigenvalue weighted by atomic mass is 9.94. The summed E-state index contributed by atoms with van der Waals surface area (Å²) in [6.45, 7) is 0.206. The van der Waals surface area contributed by atoms with Crippen molar-refractivity contribution in [3.8, 4) is 11.4 Å². The lowest BCUT2D eigenvalue weighted by Gasteiger charge is -2.18. The number of likely N-dealkylation sites (tertiary alicyclic amines) is 2. The largest absolute Gasteiger partial charge is 0.466 e. The van der Waals surface area contributed by atoms with Crippen molar-refractivity contribution in [1.82, 2.24) is 23.9 Å². The van der Waals surface area contributed by atoms with Crippen LogP contribution in [0.15, 0.2) is 113 Å². The van der Waals surface area contributed by atoms with E-state index in [-0.39, 0.29) is 79.9 Å². The third-order valence-corrected chi connectivity index (χ3v) is 11.0. The summed E-state index contributed by atoms with van der Waals surface area (Å²) < 4.78 is 88.4. The molecule has 3 amide bonds. The highest BCUT2D eigenvalue weighted by molar-refractivity contribution is 6.30. The van der Waals surface area contributed by atoms with Crippen LogP contribution >= 0.6 is 11.6 Å². The zero-order valence-electron chi connectivity index (χ0n) is 35.5. The van der Waals surface area contributed by atoms with E-state index >= 15 is 0 Å². The summed E-state index contributed by atoms with van der Waals surface area (Å²) in [7, 11) is 0. The number of amides is 3. The molecule has 7 rings (SSSR count). The molecule has 2 aliphatic heterocycles. The molecule has 5 aromatic rings. The van der Waals surface area contributed by atoms with E-state index in [0.29, 0.717) is 5.02 Å². The molecular weight excluding hydrogens is 926 g/mol. The van der Waals surface area contributed by atoms with E-state index in [0.717, 1.165) is 12.1 Å². The first-order chi connectivity index (χ1) is 32.0. The van der Waals surface area contributed by atoms with E-state index in [9.17, 15) is 55.1 Å². The van der Waals surface area contributed by atoms with Crippen molar-refractivity contribution in [3.05, 3.63) is 141 Å². The highest BCUT2D eigenvalue weighted by Crippen LogP contribution is 2.30. The molecule has 5 heterocycles. The molecule has 2 fully saturated rings. The van der Waals surface area contributed by atoms with Crippen molar-refractivity contribution < 1.29 is 50.3 Å². The molecule has 362 valence electrons. The number of pyridine rings is 3. The van der Waals surface area contributed by atoms with Crippen LogP contribution in [0.4, 0.5) is 43.5 Å². The Morgan fingerprint density at radius 1 is 0.662 bits per heavy atom. The SMILES string of the molecule is C.CCOC(=O)[C@H]1CN(CC(F)F)C[C@@H]1C(=O)Nc1ccc(-n2ccccc2=O)cc1F.O=C(Nc1ccc(Cl)cn1)[C@H]1CN(CC(F)F)C[C@@H]1C(=O)Nc1ccc(-n2ccccc2=O)cc1F. The van der Waals surface area contributed by atoms with Crippen LogP contribution in [-0.4, -0.2) is 106 Å². The number of anilines is 3. The van der Waals surface area contributed by atoms with Crippen LogP contribution in [0.2, 0.25) is 5.02 Å². The van der Waals surface area contributed by atoms with Gasteiger partial charge in [0.2, 0.25) is 17.7 Å². The molecule has 22 heteroatoms. The Bertz CT molecular complexity index is 2690. The fourth-order valence-electron chi connectivity index (χ4n) is 7.66. The van der Waals surface area contributed by atoms with Crippen LogP contribution in [0.3, 0.4) is 0 Å². The number of nitrogens with one attached hydrogen (secondary N) is 3. The number of ether oxygens (including phenoxy) is 1. The van der Waals surface area contributed by atoms with Crippen molar-refractivity contribution in [1.29, 1.82) is 0 Å². The number of rotatable bonds is 14. The first-order valence-electron chi connectivity index (χ1n) is 20.7. The molecule has 0 unspecified atom stereocenters. The quantitative estimate of drug-likeness (QED) is 0.0841. The van der Waals surface area contributed by atoms with Gasteiger partial charge in [-0.15, -0.1) is 0 Å². The number of hydrogen-bond acceptors (Lipinski definition) is 10. The molecule has 3 N–H and O–H groups in total. The molecule has 0 radical (unpaired) electrons. The van der Waals surface area contributed by atoms with E-state index in [1.807, 2.05) is 0 Å². The number of carbonyl (C=O) groups excluding carboxylic acids is 4. The first-order valence-corrected chi connectivity index (χ1v) is 21.1. The average Bonchev–Trinajstić information content (AvgIpc) is 3.91. The predicted molar refractivity (Wildman–Crippen MR) is 241 cm³/mol. The minimum Gasteiger partial charge on any atom is -0.466 e. The van der Waals surface area contributed by atoms with Crippen LogP contribution in [0.1, 0.15) is 14.4 Å². The molecule has 0 saturated carbocycles. The van der Waals surface area contributed by atoms with Gasteiger partial charge in [0, 0.05) is 69.0 Å². The van der Waals surface area contributed by atoms with Gasteiger partial charge >= 0.3 is 5.97 Å². The lowest BCUT2D eigenvalue weighted by Crippen LogP contribution is -2.36. The summed E-state index contributed by atoms with van der Waals surface area (Å²) in [4.78, 5) is 81.5. The Kier molecular flexibility index (Phi) is 18.2. The van der Waals surface area contributed by atoms with Crippen LogP contribution in [0, 0.1) is 35.3 Å². The molecule has 0 aliphatic carbocycles. The Balaban J connectivity index is 0.000000253. The number of nitrogens with zero attached hydrogens (tertiary/aromatic N) is 5. The number of halogens is 7. The van der Waals surface area contributed by atoms with Gasteiger partial charge < -0.3 is 20.7 Å². The van der Waals surface area contributed by atoms with Gasteiger partial charge in [-0.25, -0.2) is 31.3 Å². The maximum atomic E-state index is 14.8. The predicted octanol–water partition coefficient (Wildman–Crippen LogP) is 6.34. The molecule has 2 saturated heterocycles. The zero-order valence-corrected chi connectivity index (χ0v) is 36.2. The number of hydrogen-bond donors (Lipinski definition) is 3. The zero-order chi connectivity index (χ0) is 48.4. The smallest absolute Gasteiger partial charge is 0.311 e. The first kappa shape index (κ1) is 52.1. The summed E-state index contributed by atoms with van der Waals surface area (Å²) in [6, 6.07) is 19.7. The third kappa shape index (κ3) is 13.4. The van der Waals surface area contributed by atoms with Gasteiger partial charge in [-0.2, -0.15) is 0 Å². The minimum atomic E-state index is -2.65. The molecule has 4 atom stereocenters. The second kappa shape index (κ2) is 23.7. The van der Waals surface area contributed by atoms with Gasteiger partial charge in [0.15, 0.2) is 0 Å². The lowest BCUT2D eigenvalue weighted by molar-refractivity contribution is -0.150. The number of aromatic nitrogens is 3. The van der Waals surface area contributed by atoms with E-state index in [2.05, 4.69) is 20.9 Å². The number of carbonyl (C=O) groups is 4. The van der Waals surface area contributed by atoms with Gasteiger partial charge in [0.05, 0.1) is 71.1 Å². The summed E-state index contributed by atoms with van der Waals surface area (Å²) in [6.07, 6.45) is -0.981. The van der Waals surface area contributed by atoms with Crippen LogP contribution < -0.4 is 27.1 Å². The van der Waals surface area contributed by atoms with Crippen molar-refractivity contribution in [2.75, 3.05) is 61.8 Å². The minimum absolute atomic E-state index is 0. The van der Waals surface area contributed by atoms with Crippen LogP contribution in [0.25, 0.3) is 11.4 Å². The summed E-state index contributed by atoms with van der Waals surface area (Å²) in [5.74, 6) is -7.88. The molecule has 3 aromatic heterocycles. The highest BCUT2D eigenvalue weighted by Gasteiger charge is 2.44. The second-order valence-corrected chi connectivity index (χ2v) is 15.8. The Morgan fingerprint density at radius 3 is 1.50 bits per heavy atom. The number of esters is 1. The molecule has 68 heavy (non-hydrogen) atoms. The van der Waals surface area contributed by atoms with E-state index < -0.39 is 84.9 Å². The molecule has 0 bridgehead atoms. The Morgan fingerprint density at radius 2 is 1.10 bits per heavy atom. The fourth-order valence-corrected chi connectivity index (χ4v) is 7.77. The Labute approximate surface area is 390 Å². The average molecular weight is 973 g/mol. The van der Waals surface area contributed by atoms with Gasteiger partial charge in [-0.3, -0.25) is 47.7 Å².